The van der Waals surface area contributed by atoms with Gasteiger partial charge in [0.2, 0.25) is 0 Å². The molecule has 1 N–H and O–H groups in total. The zero-order valence-electron chi connectivity index (χ0n) is 10.3. The summed E-state index contributed by atoms with van der Waals surface area (Å²) in [4.78, 5) is 8.20. The Morgan fingerprint density at radius 1 is 1.37 bits per heavy atom. The lowest BCUT2D eigenvalue weighted by Crippen LogP contribution is -2.02. The van der Waals surface area contributed by atoms with Gasteiger partial charge in [-0.25, -0.2) is 14.4 Å². The number of anilines is 2. The Morgan fingerprint density at radius 2 is 2.16 bits per heavy atom. The van der Waals surface area contributed by atoms with Crippen LogP contribution in [-0.2, 0) is 6.42 Å². The molecule has 0 saturated carbocycles. The van der Waals surface area contributed by atoms with E-state index in [0.29, 0.717) is 11.0 Å². The lowest BCUT2D eigenvalue weighted by Gasteiger charge is -2.12. The van der Waals surface area contributed by atoms with Crippen LogP contribution in [0.2, 0.25) is 5.15 Å². The molecule has 0 atom stereocenters. The van der Waals surface area contributed by atoms with E-state index in [-0.39, 0.29) is 5.82 Å². The molecule has 100 valence electrons. The lowest BCUT2D eigenvalue weighted by molar-refractivity contribution is 0.627. The molecule has 0 unspecified atom stereocenters. The zero-order valence-corrected chi connectivity index (χ0v) is 13.2. The predicted octanol–water partition coefficient (Wildman–Crippen LogP) is 4.57. The highest BCUT2D eigenvalue weighted by Gasteiger charge is 2.10. The average molecular weight is 392 g/mol. The van der Waals surface area contributed by atoms with Crippen LogP contribution in [0.1, 0.15) is 18.9 Å². The molecule has 0 aliphatic rings. The van der Waals surface area contributed by atoms with Crippen molar-refractivity contribution in [2.45, 2.75) is 19.8 Å². The van der Waals surface area contributed by atoms with Crippen LogP contribution in [0.4, 0.5) is 15.9 Å². The maximum Gasteiger partial charge on any atom is 0.138 e. The number of hydrogen-bond donors (Lipinski definition) is 1. The normalized spacial score (nSPS) is 10.5. The molecule has 19 heavy (non-hydrogen) atoms. The molecule has 1 aromatic heterocycles. The van der Waals surface area contributed by atoms with Gasteiger partial charge in [-0.2, -0.15) is 0 Å². The van der Waals surface area contributed by atoms with Crippen LogP contribution in [-0.4, -0.2) is 9.97 Å². The lowest BCUT2D eigenvalue weighted by atomic mass is 10.2. The van der Waals surface area contributed by atoms with Gasteiger partial charge in [0.15, 0.2) is 0 Å². The number of nitrogens with one attached hydrogen (secondary N) is 1. The van der Waals surface area contributed by atoms with Crippen LogP contribution in [0.25, 0.3) is 0 Å². The average Bonchev–Trinajstić information content (AvgIpc) is 2.37. The van der Waals surface area contributed by atoms with E-state index in [2.05, 4.69) is 44.8 Å². The highest BCUT2D eigenvalue weighted by atomic mass is 127. The summed E-state index contributed by atoms with van der Waals surface area (Å²) < 4.78 is 13.9. The van der Waals surface area contributed by atoms with Gasteiger partial charge in [-0.3, -0.25) is 0 Å². The minimum atomic E-state index is -0.260. The maximum atomic E-state index is 13.1. The van der Waals surface area contributed by atoms with E-state index in [0.717, 1.165) is 27.7 Å². The van der Waals surface area contributed by atoms with Crippen molar-refractivity contribution in [1.29, 1.82) is 0 Å². The first-order chi connectivity index (χ1) is 9.11. The second-order valence-corrected chi connectivity index (χ2v) is 5.51. The standard InChI is InChI=1S/C13H12ClFIN3/c1-2-3-9-12(14)17-7-18-13(9)19-11-5-4-8(15)6-10(11)16/h4-7H,2-3H2,1H3,(H,17,18,19). The van der Waals surface area contributed by atoms with Gasteiger partial charge in [0.1, 0.15) is 23.1 Å². The van der Waals surface area contributed by atoms with Crippen LogP contribution >= 0.6 is 34.2 Å². The van der Waals surface area contributed by atoms with Gasteiger partial charge in [-0.05, 0) is 47.2 Å². The molecule has 0 fully saturated rings. The fraction of sp³-hybridized carbons (Fsp3) is 0.231. The second kappa shape index (κ2) is 6.47. The van der Waals surface area contributed by atoms with Crippen molar-refractivity contribution in [2.75, 3.05) is 5.32 Å². The molecule has 0 saturated heterocycles. The molecule has 6 heteroatoms. The smallest absolute Gasteiger partial charge is 0.138 e. The summed E-state index contributed by atoms with van der Waals surface area (Å²) in [5, 5.41) is 3.64. The fourth-order valence-corrected chi connectivity index (χ4v) is 2.53. The third kappa shape index (κ3) is 3.54. The van der Waals surface area contributed by atoms with Crippen LogP contribution in [0.3, 0.4) is 0 Å². The predicted molar refractivity (Wildman–Crippen MR) is 83.4 cm³/mol. The Balaban J connectivity index is 2.35. The quantitative estimate of drug-likeness (QED) is 0.613. The minimum absolute atomic E-state index is 0.260. The highest BCUT2D eigenvalue weighted by molar-refractivity contribution is 14.1. The summed E-state index contributed by atoms with van der Waals surface area (Å²) in [5.74, 6) is 0.413. The Kier molecular flexibility index (Phi) is 4.93. The van der Waals surface area contributed by atoms with Gasteiger partial charge >= 0.3 is 0 Å². The highest BCUT2D eigenvalue weighted by Crippen LogP contribution is 2.27. The molecule has 0 spiro atoms. The van der Waals surface area contributed by atoms with E-state index < -0.39 is 0 Å². The van der Waals surface area contributed by atoms with E-state index in [1.165, 1.54) is 18.5 Å². The Morgan fingerprint density at radius 3 is 2.84 bits per heavy atom. The van der Waals surface area contributed by atoms with E-state index in [1.54, 1.807) is 6.07 Å². The summed E-state index contributed by atoms with van der Waals surface area (Å²) in [6.45, 7) is 2.06. The molecule has 2 rings (SSSR count). The van der Waals surface area contributed by atoms with Gasteiger partial charge in [-0.15, -0.1) is 0 Å². The first kappa shape index (κ1) is 14.5. The van der Waals surface area contributed by atoms with Crippen molar-refractivity contribution in [2.24, 2.45) is 0 Å². The third-order valence-electron chi connectivity index (χ3n) is 2.58. The molecule has 1 aromatic carbocycles. The van der Waals surface area contributed by atoms with Gasteiger partial charge in [-0.1, -0.05) is 24.9 Å². The van der Waals surface area contributed by atoms with Gasteiger partial charge < -0.3 is 5.32 Å². The van der Waals surface area contributed by atoms with Crippen molar-refractivity contribution in [1.82, 2.24) is 9.97 Å². The molecule has 0 amide bonds. The van der Waals surface area contributed by atoms with Gasteiger partial charge in [0, 0.05) is 9.13 Å². The Bertz CT molecular complexity index is 592. The SMILES string of the molecule is CCCc1c(Cl)ncnc1Nc1ccc(F)cc1I. The summed E-state index contributed by atoms with van der Waals surface area (Å²) >= 11 is 8.16. The first-order valence-electron chi connectivity index (χ1n) is 5.83. The molecule has 2 aromatic rings. The number of rotatable bonds is 4. The van der Waals surface area contributed by atoms with E-state index in [9.17, 15) is 4.39 Å². The van der Waals surface area contributed by atoms with Crippen LogP contribution in [0.5, 0.6) is 0 Å². The van der Waals surface area contributed by atoms with Gasteiger partial charge in [0.25, 0.3) is 0 Å². The Labute approximate surface area is 129 Å². The Hall–Kier alpha value is -0.950. The molecule has 0 bridgehead atoms. The molecular weight excluding hydrogens is 380 g/mol. The number of hydrogen-bond acceptors (Lipinski definition) is 3. The molecule has 1 heterocycles. The molecule has 3 nitrogen and oxygen atoms in total. The molecule has 0 aliphatic heterocycles. The molecular formula is C13H12ClFIN3. The minimum Gasteiger partial charge on any atom is -0.339 e. The summed E-state index contributed by atoms with van der Waals surface area (Å²) in [6, 6.07) is 4.56. The van der Waals surface area contributed by atoms with Gasteiger partial charge in [0.05, 0.1) is 5.69 Å². The maximum absolute atomic E-state index is 13.1. The first-order valence-corrected chi connectivity index (χ1v) is 7.29. The van der Waals surface area contributed by atoms with E-state index in [1.807, 2.05) is 0 Å². The zero-order chi connectivity index (χ0) is 13.8. The number of benzene rings is 1. The fourth-order valence-electron chi connectivity index (χ4n) is 1.69. The summed E-state index contributed by atoms with van der Waals surface area (Å²) in [5.41, 5.74) is 1.68. The van der Waals surface area contributed by atoms with E-state index >= 15 is 0 Å². The van der Waals surface area contributed by atoms with Crippen LogP contribution in [0, 0.1) is 9.39 Å². The van der Waals surface area contributed by atoms with Crippen molar-refractivity contribution < 1.29 is 4.39 Å². The van der Waals surface area contributed by atoms with Crippen molar-refractivity contribution in [3.05, 3.63) is 44.6 Å². The number of aromatic nitrogens is 2. The number of halogens is 3. The molecule has 0 aliphatic carbocycles. The van der Waals surface area contributed by atoms with E-state index in [4.69, 9.17) is 11.6 Å². The summed E-state index contributed by atoms with van der Waals surface area (Å²) in [7, 11) is 0. The van der Waals surface area contributed by atoms with Crippen molar-refractivity contribution >= 4 is 45.7 Å². The summed E-state index contributed by atoms with van der Waals surface area (Å²) in [6.07, 6.45) is 3.16. The monoisotopic (exact) mass is 391 g/mol. The van der Waals surface area contributed by atoms with Crippen LogP contribution in [0.15, 0.2) is 24.5 Å². The second-order valence-electron chi connectivity index (χ2n) is 3.99. The largest absolute Gasteiger partial charge is 0.339 e. The third-order valence-corrected chi connectivity index (χ3v) is 3.80. The van der Waals surface area contributed by atoms with Crippen LogP contribution < -0.4 is 5.32 Å². The van der Waals surface area contributed by atoms with Crippen molar-refractivity contribution in [3.63, 3.8) is 0 Å². The topological polar surface area (TPSA) is 37.8 Å². The number of nitrogens with zero attached hydrogens (tertiary/aromatic N) is 2. The van der Waals surface area contributed by atoms with Crippen molar-refractivity contribution in [3.8, 4) is 0 Å². The molecule has 0 radical (unpaired) electrons.